The number of amides is 1. The van der Waals surface area contributed by atoms with E-state index in [-0.39, 0.29) is 11.4 Å². The predicted octanol–water partition coefficient (Wildman–Crippen LogP) is 5.22. The summed E-state index contributed by atoms with van der Waals surface area (Å²) in [7, 11) is 1.56. The minimum absolute atomic E-state index is 0.00114. The average molecular weight is 505 g/mol. The maximum absolute atomic E-state index is 12.7. The first-order valence-electron chi connectivity index (χ1n) is 11.6. The van der Waals surface area contributed by atoms with Gasteiger partial charge in [-0.15, -0.1) is 6.58 Å². The third-order valence-corrected chi connectivity index (χ3v) is 6.52. The fraction of sp³-hybridized carbons (Fsp3) is 0.259. The minimum Gasteiger partial charge on any atom is -0.493 e. The molecule has 4 rings (SSSR count). The van der Waals surface area contributed by atoms with Crippen molar-refractivity contribution >= 4 is 39.8 Å². The molecule has 9 heteroatoms. The molecule has 0 saturated carbocycles. The molecular weight excluding hydrogens is 476 g/mol. The number of hydrogen-bond donors (Lipinski definition) is 1. The van der Waals surface area contributed by atoms with Gasteiger partial charge in [0.05, 0.1) is 12.7 Å². The number of thioether (sulfide) groups is 1. The first-order valence-corrected chi connectivity index (χ1v) is 12.4. The van der Waals surface area contributed by atoms with Crippen LogP contribution >= 0.6 is 11.8 Å². The predicted molar refractivity (Wildman–Crippen MR) is 144 cm³/mol. The lowest BCUT2D eigenvalue weighted by Gasteiger charge is -2.20. The molecule has 2 aliphatic rings. The number of carbonyl (C=O) groups is 1. The molecule has 186 valence electrons. The van der Waals surface area contributed by atoms with Crippen LogP contribution in [-0.2, 0) is 11.2 Å². The van der Waals surface area contributed by atoms with E-state index in [1.54, 1.807) is 25.3 Å². The number of rotatable bonds is 10. The van der Waals surface area contributed by atoms with E-state index in [9.17, 15) is 4.79 Å². The zero-order chi connectivity index (χ0) is 25.7. The molecule has 0 radical (unpaired) electrons. The number of amidine groups is 2. The normalized spacial score (nSPS) is 16.0. The Morgan fingerprint density at radius 2 is 1.92 bits per heavy atom. The molecule has 2 aromatic carbocycles. The van der Waals surface area contributed by atoms with Crippen LogP contribution < -0.4 is 14.2 Å². The van der Waals surface area contributed by atoms with Crippen LogP contribution in [0, 0.1) is 12.3 Å². The number of ether oxygens (including phenoxy) is 3. The third kappa shape index (κ3) is 5.52. The Balaban J connectivity index is 1.55. The first kappa shape index (κ1) is 25.2. The SMILES string of the molecule is C=CCc1cc(C=C2C(=N)N3N=C(CC)SC3=NC2=O)cc(OC)c1OCCOc1ccc(C)cc1. The largest absolute Gasteiger partial charge is 0.493 e. The van der Waals surface area contributed by atoms with E-state index in [0.717, 1.165) is 16.4 Å². The van der Waals surface area contributed by atoms with Crippen molar-refractivity contribution in [2.75, 3.05) is 20.3 Å². The highest BCUT2D eigenvalue weighted by Crippen LogP contribution is 2.35. The van der Waals surface area contributed by atoms with Crippen LogP contribution in [0.2, 0.25) is 0 Å². The molecule has 36 heavy (non-hydrogen) atoms. The van der Waals surface area contributed by atoms with Gasteiger partial charge in [-0.3, -0.25) is 10.2 Å². The van der Waals surface area contributed by atoms with Gasteiger partial charge < -0.3 is 14.2 Å². The maximum Gasteiger partial charge on any atom is 0.283 e. The molecule has 1 amide bonds. The summed E-state index contributed by atoms with van der Waals surface area (Å²) >= 11 is 1.32. The lowest BCUT2D eigenvalue weighted by Crippen LogP contribution is -2.35. The van der Waals surface area contributed by atoms with Gasteiger partial charge in [-0.25, -0.2) is 0 Å². The molecule has 0 atom stereocenters. The molecule has 0 fully saturated rings. The number of aryl methyl sites for hydroxylation is 1. The van der Waals surface area contributed by atoms with E-state index in [0.29, 0.717) is 48.3 Å². The van der Waals surface area contributed by atoms with Crippen molar-refractivity contribution in [1.82, 2.24) is 5.01 Å². The van der Waals surface area contributed by atoms with Crippen LogP contribution in [-0.4, -0.2) is 47.3 Å². The number of benzene rings is 2. The van der Waals surface area contributed by atoms with Crippen molar-refractivity contribution in [2.24, 2.45) is 10.1 Å². The number of fused-ring (bicyclic) bond motifs is 1. The Morgan fingerprint density at radius 1 is 1.17 bits per heavy atom. The van der Waals surface area contributed by atoms with Gasteiger partial charge in [0, 0.05) is 5.56 Å². The Bertz CT molecular complexity index is 1280. The van der Waals surface area contributed by atoms with Gasteiger partial charge in [0.1, 0.15) is 24.0 Å². The van der Waals surface area contributed by atoms with E-state index in [1.165, 1.54) is 22.3 Å². The van der Waals surface area contributed by atoms with Gasteiger partial charge in [-0.05, 0) is 67.4 Å². The van der Waals surface area contributed by atoms with Crippen LogP contribution in [0.25, 0.3) is 6.08 Å². The Hall–Kier alpha value is -3.85. The smallest absolute Gasteiger partial charge is 0.283 e. The molecule has 0 saturated heterocycles. The molecule has 0 aliphatic carbocycles. The van der Waals surface area contributed by atoms with Gasteiger partial charge in [0.2, 0.25) is 5.17 Å². The zero-order valence-electron chi connectivity index (χ0n) is 20.5. The van der Waals surface area contributed by atoms with E-state index in [1.807, 2.05) is 44.2 Å². The number of aliphatic imine (C=N–C) groups is 1. The van der Waals surface area contributed by atoms with Crippen molar-refractivity contribution in [2.45, 2.75) is 26.7 Å². The second kappa shape index (κ2) is 11.3. The highest BCUT2D eigenvalue weighted by atomic mass is 32.2. The van der Waals surface area contributed by atoms with Crippen LogP contribution in [0.15, 0.2) is 64.7 Å². The Kier molecular flexibility index (Phi) is 7.90. The number of carbonyl (C=O) groups excluding carboxylic acids is 1. The number of hydrogen-bond acceptors (Lipinski definition) is 7. The molecule has 2 aromatic rings. The number of nitrogens with zero attached hydrogens (tertiary/aromatic N) is 3. The Labute approximate surface area is 214 Å². The summed E-state index contributed by atoms with van der Waals surface area (Å²) in [5, 5.41) is 15.6. The van der Waals surface area contributed by atoms with Crippen LogP contribution in [0.4, 0.5) is 0 Å². The topological polar surface area (TPSA) is 96.6 Å². The van der Waals surface area contributed by atoms with Crippen molar-refractivity contribution < 1.29 is 19.0 Å². The van der Waals surface area contributed by atoms with Gasteiger partial charge >= 0.3 is 0 Å². The van der Waals surface area contributed by atoms with Crippen LogP contribution in [0.1, 0.15) is 30.0 Å². The summed E-state index contributed by atoms with van der Waals surface area (Å²) in [6.45, 7) is 8.53. The average Bonchev–Trinajstić information content (AvgIpc) is 3.29. The highest BCUT2D eigenvalue weighted by Gasteiger charge is 2.35. The zero-order valence-corrected chi connectivity index (χ0v) is 21.4. The first-order chi connectivity index (χ1) is 17.4. The molecule has 0 aromatic heterocycles. The second-order valence-electron chi connectivity index (χ2n) is 8.08. The number of nitrogens with one attached hydrogen (secondary N) is 1. The van der Waals surface area contributed by atoms with E-state index in [2.05, 4.69) is 16.7 Å². The third-order valence-electron chi connectivity index (χ3n) is 5.47. The van der Waals surface area contributed by atoms with Gasteiger partial charge in [-0.2, -0.15) is 15.1 Å². The Morgan fingerprint density at radius 3 is 2.61 bits per heavy atom. The van der Waals surface area contributed by atoms with Crippen molar-refractivity contribution in [3.8, 4) is 17.2 Å². The number of hydrazone groups is 1. The van der Waals surface area contributed by atoms with Crippen LogP contribution in [0.5, 0.6) is 17.2 Å². The standard InChI is InChI=1S/C27H28N4O4S/c1-5-7-19-14-18(15-21-25(28)31-27(29-26(21)32)36-23(6-2)30-31)16-22(33-4)24(19)35-13-12-34-20-10-8-17(3)9-11-20/h5,8-11,14-16,28H,1,6-7,12-13H2,2-4H3. The van der Waals surface area contributed by atoms with E-state index >= 15 is 0 Å². The second-order valence-corrected chi connectivity index (χ2v) is 9.12. The van der Waals surface area contributed by atoms with Crippen molar-refractivity contribution in [1.29, 1.82) is 5.41 Å². The molecule has 0 unspecified atom stereocenters. The van der Waals surface area contributed by atoms with Gasteiger partial charge in [0.15, 0.2) is 17.3 Å². The molecular formula is C27H28N4O4S. The number of methoxy groups -OCH3 is 1. The summed E-state index contributed by atoms with van der Waals surface area (Å²) in [5.41, 5.74) is 2.86. The molecule has 0 spiro atoms. The highest BCUT2D eigenvalue weighted by molar-refractivity contribution is 8.26. The molecule has 8 nitrogen and oxygen atoms in total. The summed E-state index contributed by atoms with van der Waals surface area (Å²) in [6.07, 6.45) is 4.64. The summed E-state index contributed by atoms with van der Waals surface area (Å²) in [4.78, 5) is 16.8. The lowest BCUT2D eigenvalue weighted by atomic mass is 10.0. The van der Waals surface area contributed by atoms with Crippen LogP contribution in [0.3, 0.4) is 0 Å². The van der Waals surface area contributed by atoms with E-state index < -0.39 is 5.91 Å². The monoisotopic (exact) mass is 504 g/mol. The fourth-order valence-corrected chi connectivity index (χ4v) is 4.49. The van der Waals surface area contributed by atoms with Gasteiger partial charge in [0.25, 0.3) is 5.91 Å². The van der Waals surface area contributed by atoms with E-state index in [4.69, 9.17) is 19.6 Å². The molecule has 0 bridgehead atoms. The minimum atomic E-state index is -0.468. The molecule has 1 N–H and O–H groups in total. The maximum atomic E-state index is 12.7. The summed E-state index contributed by atoms with van der Waals surface area (Å²) in [5.74, 6) is 1.41. The van der Waals surface area contributed by atoms with Crippen molar-refractivity contribution in [3.05, 3.63) is 71.3 Å². The van der Waals surface area contributed by atoms with Gasteiger partial charge in [-0.1, -0.05) is 30.7 Å². The molecule has 2 aliphatic heterocycles. The van der Waals surface area contributed by atoms with Crippen molar-refractivity contribution in [3.63, 3.8) is 0 Å². The lowest BCUT2D eigenvalue weighted by molar-refractivity contribution is -0.114. The summed E-state index contributed by atoms with van der Waals surface area (Å²) in [6, 6.07) is 11.5. The quantitative estimate of drug-likeness (QED) is 0.271. The number of allylic oxidation sites excluding steroid dienone is 1. The molecule has 2 heterocycles. The summed E-state index contributed by atoms with van der Waals surface area (Å²) < 4.78 is 17.4. The fourth-order valence-electron chi connectivity index (χ4n) is 3.67.